The predicted octanol–water partition coefficient (Wildman–Crippen LogP) is 5.16. The van der Waals surface area contributed by atoms with Crippen LogP contribution in [0.15, 0.2) is 53.1 Å². The second kappa shape index (κ2) is 12.4. The number of amides is 3. The Morgan fingerprint density at radius 1 is 1.07 bits per heavy atom. The van der Waals surface area contributed by atoms with Crippen molar-refractivity contribution >= 4 is 35.1 Å². The Morgan fingerprint density at radius 2 is 1.82 bits per heavy atom. The zero-order valence-electron chi connectivity index (χ0n) is 23.0. The average Bonchev–Trinajstić information content (AvgIpc) is 3.55. The quantitative estimate of drug-likeness (QED) is 0.327. The molecule has 0 spiro atoms. The molecular formula is C29H33ClN4O6. The minimum Gasteiger partial charge on any atom is -0.454 e. The number of nitrogens with one attached hydrogen (secondary N) is 2. The van der Waals surface area contributed by atoms with Gasteiger partial charge in [0.1, 0.15) is 11.8 Å². The molecule has 212 valence electrons. The molecule has 0 saturated heterocycles. The number of ether oxygens (including phenoxy) is 2. The van der Waals surface area contributed by atoms with Crippen LogP contribution in [0.25, 0.3) is 0 Å². The Kier molecular flexibility index (Phi) is 8.99. The van der Waals surface area contributed by atoms with Crippen LogP contribution in [0, 0.1) is 6.92 Å². The molecule has 0 saturated carbocycles. The van der Waals surface area contributed by atoms with E-state index in [4.69, 9.17) is 25.6 Å². The van der Waals surface area contributed by atoms with Gasteiger partial charge in [0.25, 0.3) is 0 Å². The highest BCUT2D eigenvalue weighted by Crippen LogP contribution is 2.35. The minimum atomic E-state index is -1.06. The van der Waals surface area contributed by atoms with Crippen molar-refractivity contribution in [2.45, 2.75) is 65.1 Å². The molecule has 1 unspecified atom stereocenters. The van der Waals surface area contributed by atoms with Crippen LogP contribution in [-0.4, -0.2) is 40.1 Å². The summed E-state index contributed by atoms with van der Waals surface area (Å²) in [5, 5.41) is 9.78. The summed E-state index contributed by atoms with van der Waals surface area (Å²) in [4.78, 5) is 41.8. The normalized spacial score (nSPS) is 13.0. The molecule has 10 nitrogen and oxygen atoms in total. The van der Waals surface area contributed by atoms with E-state index >= 15 is 0 Å². The van der Waals surface area contributed by atoms with Crippen LogP contribution in [0.3, 0.4) is 0 Å². The van der Waals surface area contributed by atoms with Gasteiger partial charge in [-0.2, -0.15) is 0 Å². The van der Waals surface area contributed by atoms with E-state index in [0.717, 1.165) is 5.56 Å². The fraction of sp³-hybridized carbons (Fsp3) is 0.379. The summed E-state index contributed by atoms with van der Waals surface area (Å²) < 4.78 is 15.9. The summed E-state index contributed by atoms with van der Waals surface area (Å²) in [7, 11) is 0. The van der Waals surface area contributed by atoms with Crippen LogP contribution in [0.4, 0.5) is 5.82 Å². The van der Waals surface area contributed by atoms with Crippen LogP contribution >= 0.6 is 11.6 Å². The summed E-state index contributed by atoms with van der Waals surface area (Å²) >= 11 is 6.58. The van der Waals surface area contributed by atoms with E-state index in [1.54, 1.807) is 49.4 Å². The first-order chi connectivity index (χ1) is 19.1. The lowest BCUT2D eigenvalue weighted by Crippen LogP contribution is -2.50. The van der Waals surface area contributed by atoms with Crippen molar-refractivity contribution in [3.63, 3.8) is 0 Å². The fourth-order valence-corrected chi connectivity index (χ4v) is 4.43. The SMILES string of the molecule is CCC(C)(C)NC(=O)C(c1ccccc1Cl)N(Cc1ccc2c(c1)OCO2)C(=O)CCC(=O)Nc1cc(C)on1. The Bertz CT molecular complexity index is 1390. The number of carbonyl (C=O) groups excluding carboxylic acids is 3. The Labute approximate surface area is 237 Å². The van der Waals surface area contributed by atoms with Crippen LogP contribution < -0.4 is 20.1 Å². The maximum Gasteiger partial charge on any atom is 0.247 e. The number of benzene rings is 2. The number of hydrogen-bond acceptors (Lipinski definition) is 7. The van der Waals surface area contributed by atoms with Gasteiger partial charge >= 0.3 is 0 Å². The summed E-state index contributed by atoms with van der Waals surface area (Å²) in [6, 6.07) is 12.8. The van der Waals surface area contributed by atoms with Gasteiger partial charge in [0.2, 0.25) is 24.5 Å². The van der Waals surface area contributed by atoms with E-state index in [9.17, 15) is 14.4 Å². The van der Waals surface area contributed by atoms with Gasteiger partial charge in [-0.05, 0) is 51.0 Å². The zero-order valence-corrected chi connectivity index (χ0v) is 23.7. The van der Waals surface area contributed by atoms with E-state index in [1.807, 2.05) is 26.8 Å². The van der Waals surface area contributed by atoms with Gasteiger partial charge in [0.15, 0.2) is 17.3 Å². The number of aryl methyl sites for hydroxylation is 1. The summed E-state index contributed by atoms with van der Waals surface area (Å²) in [5.74, 6) is 0.780. The van der Waals surface area contributed by atoms with Gasteiger partial charge in [-0.15, -0.1) is 0 Å². The molecule has 2 N–H and O–H groups in total. The van der Waals surface area contributed by atoms with E-state index in [0.29, 0.717) is 34.3 Å². The number of nitrogens with zero attached hydrogens (tertiary/aromatic N) is 2. The molecule has 4 rings (SSSR count). The molecule has 1 aliphatic rings. The Morgan fingerprint density at radius 3 is 2.52 bits per heavy atom. The van der Waals surface area contributed by atoms with E-state index in [1.165, 1.54) is 4.90 Å². The van der Waals surface area contributed by atoms with Gasteiger partial charge < -0.3 is 29.5 Å². The lowest BCUT2D eigenvalue weighted by molar-refractivity contribution is -0.142. The van der Waals surface area contributed by atoms with Gasteiger partial charge in [-0.25, -0.2) is 0 Å². The Balaban J connectivity index is 1.65. The van der Waals surface area contributed by atoms with Crippen molar-refractivity contribution in [3.05, 3.63) is 70.4 Å². The van der Waals surface area contributed by atoms with Crippen molar-refractivity contribution in [3.8, 4) is 11.5 Å². The van der Waals surface area contributed by atoms with E-state index in [2.05, 4.69) is 15.8 Å². The van der Waals surface area contributed by atoms with Crippen LogP contribution in [0.5, 0.6) is 11.5 Å². The van der Waals surface area contributed by atoms with Crippen molar-refractivity contribution in [1.82, 2.24) is 15.4 Å². The van der Waals surface area contributed by atoms with Crippen molar-refractivity contribution in [1.29, 1.82) is 0 Å². The maximum atomic E-state index is 13.9. The molecule has 0 fully saturated rings. The van der Waals surface area contributed by atoms with E-state index in [-0.39, 0.29) is 37.9 Å². The number of aromatic nitrogens is 1. The molecule has 40 heavy (non-hydrogen) atoms. The topological polar surface area (TPSA) is 123 Å². The molecule has 0 aliphatic carbocycles. The summed E-state index contributed by atoms with van der Waals surface area (Å²) in [5.41, 5.74) is 0.671. The Hall–Kier alpha value is -4.05. The number of halogens is 1. The summed E-state index contributed by atoms with van der Waals surface area (Å²) in [6.45, 7) is 7.67. The molecule has 1 atom stereocenters. The smallest absolute Gasteiger partial charge is 0.247 e. The first kappa shape index (κ1) is 28.9. The number of anilines is 1. The van der Waals surface area contributed by atoms with Crippen LogP contribution in [0.1, 0.15) is 63.0 Å². The highest BCUT2D eigenvalue weighted by atomic mass is 35.5. The minimum absolute atomic E-state index is 0.0649. The van der Waals surface area contributed by atoms with Gasteiger partial charge in [0, 0.05) is 41.6 Å². The van der Waals surface area contributed by atoms with E-state index < -0.39 is 23.4 Å². The van der Waals surface area contributed by atoms with Crippen molar-refractivity contribution in [2.24, 2.45) is 0 Å². The second-order valence-corrected chi connectivity index (χ2v) is 10.6. The number of rotatable bonds is 11. The van der Waals surface area contributed by atoms with Crippen LogP contribution in [-0.2, 0) is 20.9 Å². The third-order valence-electron chi connectivity index (χ3n) is 6.68. The fourth-order valence-electron chi connectivity index (χ4n) is 4.19. The number of hydrogen-bond donors (Lipinski definition) is 2. The molecule has 0 bridgehead atoms. The lowest BCUT2D eigenvalue weighted by Gasteiger charge is -2.35. The summed E-state index contributed by atoms with van der Waals surface area (Å²) in [6.07, 6.45) is 0.393. The average molecular weight is 569 g/mol. The third kappa shape index (κ3) is 7.12. The molecule has 3 aromatic rings. The first-order valence-electron chi connectivity index (χ1n) is 13.0. The highest BCUT2D eigenvalue weighted by Gasteiger charge is 2.35. The van der Waals surface area contributed by atoms with Crippen molar-refractivity contribution < 1.29 is 28.4 Å². The molecule has 11 heteroatoms. The number of carbonyl (C=O) groups is 3. The number of fused-ring (bicyclic) bond motifs is 1. The monoisotopic (exact) mass is 568 g/mol. The molecule has 1 aliphatic heterocycles. The molecule has 1 aromatic heterocycles. The largest absolute Gasteiger partial charge is 0.454 e. The lowest BCUT2D eigenvalue weighted by atomic mass is 9.98. The molecular weight excluding hydrogens is 536 g/mol. The zero-order chi connectivity index (χ0) is 28.9. The van der Waals surface area contributed by atoms with Gasteiger partial charge in [0.05, 0.1) is 0 Å². The molecule has 2 aromatic carbocycles. The van der Waals surface area contributed by atoms with Gasteiger partial charge in [-0.1, -0.05) is 47.9 Å². The second-order valence-electron chi connectivity index (χ2n) is 10.2. The van der Waals surface area contributed by atoms with Crippen LogP contribution in [0.2, 0.25) is 5.02 Å². The van der Waals surface area contributed by atoms with Gasteiger partial charge in [-0.3, -0.25) is 14.4 Å². The molecule has 2 heterocycles. The predicted molar refractivity (Wildman–Crippen MR) is 149 cm³/mol. The third-order valence-corrected chi connectivity index (χ3v) is 7.02. The standard InChI is InChI=1S/C29H33ClN4O6/c1-5-29(3,4)32-28(37)27(20-8-6-7-9-21(20)30)34(16-19-10-11-22-23(15-19)39-17-38-22)26(36)13-12-25(35)31-24-14-18(2)40-33-24/h6-11,14-15,27H,5,12-13,16-17H2,1-4H3,(H,32,37)(H,31,33,35). The maximum absolute atomic E-state index is 13.9. The highest BCUT2D eigenvalue weighted by molar-refractivity contribution is 6.31. The molecule has 0 radical (unpaired) electrons. The molecule has 3 amide bonds. The first-order valence-corrected chi connectivity index (χ1v) is 13.4. The van der Waals surface area contributed by atoms with Crippen molar-refractivity contribution in [2.75, 3.05) is 12.1 Å².